The predicted molar refractivity (Wildman–Crippen MR) is 197 cm³/mol. The molecule has 3 aromatic rings. The number of hydrogen-bond acceptors (Lipinski definition) is 9. The van der Waals surface area contributed by atoms with Crippen molar-refractivity contribution in [2.45, 2.75) is 60.2 Å². The van der Waals surface area contributed by atoms with E-state index in [1.54, 1.807) is 45.9 Å². The topological polar surface area (TPSA) is 217 Å². The van der Waals surface area contributed by atoms with Crippen molar-refractivity contribution in [1.29, 1.82) is 0 Å². The summed E-state index contributed by atoms with van der Waals surface area (Å²) < 4.78 is 43.4. The lowest BCUT2D eigenvalue weighted by Crippen LogP contribution is -2.42. The van der Waals surface area contributed by atoms with E-state index in [9.17, 15) is 38.0 Å². The molecule has 290 valence electrons. The summed E-state index contributed by atoms with van der Waals surface area (Å²) in [6, 6.07) is 7.65. The molecule has 54 heavy (non-hydrogen) atoms. The monoisotopic (exact) mass is 770 g/mol. The maximum absolute atomic E-state index is 13.9. The van der Waals surface area contributed by atoms with Crippen LogP contribution in [-0.2, 0) is 35.0 Å². The number of H-pyrrole nitrogens is 1. The van der Waals surface area contributed by atoms with E-state index < -0.39 is 43.6 Å². The van der Waals surface area contributed by atoms with Crippen LogP contribution in [0, 0.1) is 19.7 Å². The molecule has 0 fully saturated rings. The number of fused-ring (bicyclic) bond motifs is 1. The molecule has 2 heterocycles. The molecule has 6 N–H and O–H groups in total. The van der Waals surface area contributed by atoms with Crippen molar-refractivity contribution in [1.82, 2.24) is 25.4 Å². The van der Waals surface area contributed by atoms with E-state index in [1.807, 2.05) is 0 Å². The molecule has 0 bridgehead atoms. The number of likely N-dealkylation sites (N-methyl/N-ethyl adjacent to an activating group) is 1. The fraction of sp³-hybridized carbons (Fsp3) is 0.361. The molecule has 0 aliphatic carbocycles. The lowest BCUT2D eigenvalue weighted by atomic mass is 10.0. The molecule has 2 aromatic carbocycles. The molecule has 1 unspecified atom stereocenters. The second-order valence-corrected chi connectivity index (χ2v) is 14.1. The van der Waals surface area contributed by atoms with Gasteiger partial charge in [0.2, 0.25) is 0 Å². The number of hydrogen-bond donors (Lipinski definition) is 6. The number of aromatic amines is 1. The third-order valence-corrected chi connectivity index (χ3v) is 10.2. The number of nitrogens with zero attached hydrogens (tertiary/aromatic N) is 1. The van der Waals surface area contributed by atoms with Crippen molar-refractivity contribution in [2.24, 2.45) is 0 Å². The minimum Gasteiger partial charge on any atom is -0.480 e. The average molecular weight is 771 g/mol. The highest BCUT2D eigenvalue weighted by atomic mass is 31.2. The predicted octanol–water partition coefficient (Wildman–Crippen LogP) is 4.74. The van der Waals surface area contributed by atoms with Crippen molar-refractivity contribution in [3.63, 3.8) is 0 Å². The van der Waals surface area contributed by atoms with Gasteiger partial charge in [-0.05, 0) is 89.1 Å². The number of halogens is 1. The van der Waals surface area contributed by atoms with Gasteiger partial charge in [-0.25, -0.2) is 23.9 Å². The molecule has 0 spiro atoms. The zero-order valence-electron chi connectivity index (χ0n) is 30.7. The van der Waals surface area contributed by atoms with Crippen LogP contribution in [0.25, 0.3) is 11.6 Å². The molecule has 3 atom stereocenters. The molecule has 1 aliphatic heterocycles. The van der Waals surface area contributed by atoms with E-state index in [4.69, 9.17) is 14.0 Å². The number of aliphatic carboxylic acids is 1. The van der Waals surface area contributed by atoms with Crippen LogP contribution < -0.4 is 25.3 Å². The molecule has 16 nitrogen and oxygen atoms in total. The summed E-state index contributed by atoms with van der Waals surface area (Å²) in [7, 11) is -4.15. The second-order valence-electron chi connectivity index (χ2n) is 12.3. The summed E-state index contributed by atoms with van der Waals surface area (Å²) in [5.41, 5.74) is 3.81. The number of carboxylic acid groups (broad SMARTS) is 1. The standard InChI is InChI=1S/C36H44FN6O10P/c1-7-43(16-15-38-33(45)31-20(3)30(39-21(31)4)18-28-27-17-25(37)11-14-29(27)40-32(28)44)36(49)52-19-24-9-12-26(13-10-24)53-54(50,41-22(5)34(46)47)42-23(6)35(48)51-8-2/h9-14,17-18,22-23,39H,7-8,15-16,19H2,1-6H3,(H,38,45)(H,40,44)(H,46,47)(H2,41,42,50)/b28-18-/t22-,23-,54?/m0/s1. The Morgan fingerprint density at radius 1 is 1.02 bits per heavy atom. The van der Waals surface area contributed by atoms with Crippen LogP contribution in [0.1, 0.15) is 66.1 Å². The zero-order valence-corrected chi connectivity index (χ0v) is 31.6. The van der Waals surface area contributed by atoms with Crippen LogP contribution in [0.4, 0.5) is 14.9 Å². The Labute approximate surface area is 311 Å². The first-order valence-corrected chi connectivity index (χ1v) is 18.7. The Morgan fingerprint density at radius 2 is 1.70 bits per heavy atom. The zero-order chi connectivity index (χ0) is 39.7. The highest BCUT2D eigenvalue weighted by Gasteiger charge is 2.34. The normalized spacial score (nSPS) is 15.0. The lowest BCUT2D eigenvalue weighted by molar-refractivity contribution is -0.144. The minimum absolute atomic E-state index is 0.0781. The minimum atomic E-state index is -4.15. The largest absolute Gasteiger partial charge is 0.480 e. The lowest BCUT2D eigenvalue weighted by Gasteiger charge is -2.25. The number of esters is 1. The summed E-state index contributed by atoms with van der Waals surface area (Å²) in [6.07, 6.45) is 0.954. The maximum Gasteiger partial charge on any atom is 0.410 e. The van der Waals surface area contributed by atoms with Crippen molar-refractivity contribution in [3.05, 3.63) is 81.9 Å². The van der Waals surface area contributed by atoms with Crippen LogP contribution in [0.2, 0.25) is 0 Å². The second kappa shape index (κ2) is 18.0. The third kappa shape index (κ3) is 10.3. The van der Waals surface area contributed by atoms with Crippen LogP contribution in [0.15, 0.2) is 42.5 Å². The Morgan fingerprint density at radius 3 is 2.35 bits per heavy atom. The number of carboxylic acids is 1. The van der Waals surface area contributed by atoms with E-state index >= 15 is 0 Å². The van der Waals surface area contributed by atoms with Gasteiger partial charge in [-0.3, -0.25) is 19.2 Å². The Bertz CT molecular complexity index is 1980. The molecule has 3 amide bonds. The van der Waals surface area contributed by atoms with Crippen LogP contribution in [0.3, 0.4) is 0 Å². The number of amides is 3. The van der Waals surface area contributed by atoms with Gasteiger partial charge >= 0.3 is 25.7 Å². The molecule has 18 heteroatoms. The van der Waals surface area contributed by atoms with Crippen molar-refractivity contribution < 1.29 is 52.0 Å². The number of carbonyl (C=O) groups excluding carboxylic acids is 4. The van der Waals surface area contributed by atoms with E-state index in [-0.39, 0.29) is 49.4 Å². The first-order chi connectivity index (χ1) is 25.5. The van der Waals surface area contributed by atoms with Gasteiger partial charge in [0.1, 0.15) is 30.3 Å². The highest BCUT2D eigenvalue weighted by Crippen LogP contribution is 2.40. The number of nitrogens with one attached hydrogen (secondary N) is 5. The first-order valence-electron chi connectivity index (χ1n) is 17.1. The van der Waals surface area contributed by atoms with Crippen LogP contribution in [0.5, 0.6) is 5.75 Å². The third-order valence-electron chi connectivity index (χ3n) is 8.32. The first kappa shape index (κ1) is 41.2. The molecule has 1 aromatic heterocycles. The van der Waals surface area contributed by atoms with Gasteiger partial charge in [-0.2, -0.15) is 0 Å². The van der Waals surface area contributed by atoms with Crippen molar-refractivity contribution >= 4 is 54.9 Å². The summed E-state index contributed by atoms with van der Waals surface area (Å²) in [5, 5.41) is 19.7. The quantitative estimate of drug-likeness (QED) is 0.0623. The van der Waals surface area contributed by atoms with E-state index in [0.29, 0.717) is 45.9 Å². The Balaban J connectivity index is 1.31. The number of carbonyl (C=O) groups is 5. The number of benzene rings is 2. The fourth-order valence-electron chi connectivity index (χ4n) is 5.48. The molecule has 0 radical (unpaired) electrons. The molecule has 0 saturated heterocycles. The molecule has 0 saturated carbocycles. The summed E-state index contributed by atoms with van der Waals surface area (Å²) in [6.45, 7) is 10.0. The van der Waals surface area contributed by atoms with Gasteiger partial charge in [-0.1, -0.05) is 12.1 Å². The summed E-state index contributed by atoms with van der Waals surface area (Å²) >= 11 is 0. The van der Waals surface area contributed by atoms with Gasteiger partial charge < -0.3 is 39.6 Å². The summed E-state index contributed by atoms with van der Waals surface area (Å²) in [4.78, 5) is 66.7. The van der Waals surface area contributed by atoms with Gasteiger partial charge in [0.15, 0.2) is 0 Å². The fourth-order valence-corrected chi connectivity index (χ4v) is 7.32. The summed E-state index contributed by atoms with van der Waals surface area (Å²) in [5.74, 6) is -3.16. The molecule has 1 aliphatic rings. The van der Waals surface area contributed by atoms with Gasteiger partial charge in [0.05, 0.1) is 17.7 Å². The Hall–Kier alpha value is -5.51. The van der Waals surface area contributed by atoms with E-state index in [1.165, 1.54) is 49.1 Å². The van der Waals surface area contributed by atoms with E-state index in [0.717, 1.165) is 0 Å². The number of anilines is 1. The maximum atomic E-state index is 13.9. The van der Waals surface area contributed by atoms with Gasteiger partial charge in [0, 0.05) is 42.3 Å². The SMILES string of the molecule is CCOC(=O)[C@H](C)NP(=O)(N[C@@H](C)C(=O)O)Oc1ccc(COC(=O)N(CC)CCNC(=O)c2c(C)[nH]c(/C=C3\C(=O)Nc4ccc(F)cc43)c2C)cc1. The van der Waals surface area contributed by atoms with Crippen LogP contribution >= 0.6 is 7.67 Å². The van der Waals surface area contributed by atoms with Crippen molar-refractivity contribution in [2.75, 3.05) is 31.6 Å². The molecular formula is C36H44FN6O10P. The number of aryl methyl sites for hydroxylation is 1. The van der Waals surface area contributed by atoms with Gasteiger partial charge in [-0.15, -0.1) is 0 Å². The smallest absolute Gasteiger partial charge is 0.410 e. The average Bonchev–Trinajstić information content (AvgIpc) is 3.58. The van der Waals surface area contributed by atoms with E-state index in [2.05, 4.69) is 25.8 Å². The van der Waals surface area contributed by atoms with Crippen LogP contribution in [-0.4, -0.2) is 83.2 Å². The number of aromatic nitrogens is 1. The van der Waals surface area contributed by atoms with Crippen molar-refractivity contribution in [3.8, 4) is 5.75 Å². The van der Waals surface area contributed by atoms with Gasteiger partial charge in [0.25, 0.3) is 11.8 Å². The molecule has 4 rings (SSSR count). The molecular weight excluding hydrogens is 726 g/mol. The number of ether oxygens (including phenoxy) is 2. The Kier molecular flexibility index (Phi) is 13.8. The highest BCUT2D eigenvalue weighted by molar-refractivity contribution is 7.55. The number of rotatable bonds is 17.